The van der Waals surface area contributed by atoms with Gasteiger partial charge in [0.25, 0.3) is 5.91 Å². The van der Waals surface area contributed by atoms with Gasteiger partial charge in [-0.15, -0.1) is 0 Å². The fourth-order valence-electron chi connectivity index (χ4n) is 3.46. The van der Waals surface area contributed by atoms with E-state index in [2.05, 4.69) is 0 Å². The van der Waals surface area contributed by atoms with E-state index >= 15 is 0 Å². The molecule has 2 aromatic rings. The van der Waals surface area contributed by atoms with Gasteiger partial charge in [-0.1, -0.05) is 30.3 Å². The number of benzene rings is 2. The van der Waals surface area contributed by atoms with Gasteiger partial charge in [-0.05, 0) is 23.8 Å². The first-order valence-corrected chi connectivity index (χ1v) is 7.69. The Kier molecular flexibility index (Phi) is 4.30. The molecule has 5 heteroatoms. The fraction of sp³-hybridized carbons (Fsp3) is 0.316. The van der Waals surface area contributed by atoms with Gasteiger partial charge >= 0.3 is 0 Å². The zero-order valence-electron chi connectivity index (χ0n) is 14.3. The maximum Gasteiger partial charge on any atom is 0.256 e. The molecule has 0 spiro atoms. The molecule has 1 aliphatic rings. The number of hydrogen-bond donors (Lipinski definition) is 0. The van der Waals surface area contributed by atoms with E-state index in [0.717, 1.165) is 16.9 Å². The van der Waals surface area contributed by atoms with Gasteiger partial charge in [0.15, 0.2) is 5.72 Å². The molecule has 0 radical (unpaired) electrons. The predicted molar refractivity (Wildman–Crippen MR) is 90.0 cm³/mol. The summed E-state index contributed by atoms with van der Waals surface area (Å²) in [6, 6.07) is 15.0. The van der Waals surface area contributed by atoms with E-state index < -0.39 is 11.8 Å². The second-order valence-electron chi connectivity index (χ2n) is 5.70. The Labute approximate surface area is 141 Å². The monoisotopic (exact) mass is 327 g/mol. The summed E-state index contributed by atoms with van der Waals surface area (Å²) in [5.74, 6) is 0.640. The lowest BCUT2D eigenvalue weighted by Gasteiger charge is -2.49. The quantitative estimate of drug-likeness (QED) is 0.866. The topological polar surface area (TPSA) is 48.0 Å². The number of methoxy groups -OCH3 is 3. The first-order valence-electron chi connectivity index (χ1n) is 7.69. The summed E-state index contributed by atoms with van der Waals surface area (Å²) in [7, 11) is 6.57. The smallest absolute Gasteiger partial charge is 0.256 e. The first kappa shape index (κ1) is 16.5. The van der Waals surface area contributed by atoms with Crippen molar-refractivity contribution in [3.8, 4) is 5.75 Å². The maximum atomic E-state index is 12.9. The van der Waals surface area contributed by atoms with Gasteiger partial charge in [-0.2, -0.15) is 0 Å². The highest BCUT2D eigenvalue weighted by Crippen LogP contribution is 2.47. The van der Waals surface area contributed by atoms with Crippen molar-refractivity contribution in [1.82, 2.24) is 4.90 Å². The van der Waals surface area contributed by atoms with E-state index in [0.29, 0.717) is 5.56 Å². The van der Waals surface area contributed by atoms with Crippen molar-refractivity contribution in [2.24, 2.45) is 0 Å². The Hall–Kier alpha value is -2.37. The van der Waals surface area contributed by atoms with Crippen LogP contribution in [0.2, 0.25) is 0 Å². The van der Waals surface area contributed by atoms with Crippen LogP contribution in [0.3, 0.4) is 0 Å². The molecule has 3 rings (SSSR count). The summed E-state index contributed by atoms with van der Waals surface area (Å²) in [5.41, 5.74) is 1.23. The van der Waals surface area contributed by atoms with Crippen LogP contribution in [0.5, 0.6) is 5.75 Å². The molecule has 0 aromatic heterocycles. The van der Waals surface area contributed by atoms with Crippen molar-refractivity contribution in [1.29, 1.82) is 0 Å². The molecule has 1 heterocycles. The molecule has 2 unspecified atom stereocenters. The molecule has 24 heavy (non-hydrogen) atoms. The molecule has 0 bridgehead atoms. The summed E-state index contributed by atoms with van der Waals surface area (Å²) in [6.07, 6.45) is -0.449. The highest BCUT2D eigenvalue weighted by molar-refractivity contribution is 5.97. The lowest BCUT2D eigenvalue weighted by atomic mass is 9.83. The molecule has 126 valence electrons. The number of ether oxygens (including phenoxy) is 3. The van der Waals surface area contributed by atoms with E-state index in [1.54, 1.807) is 33.3 Å². The highest BCUT2D eigenvalue weighted by atomic mass is 16.6. The molecule has 2 atom stereocenters. The van der Waals surface area contributed by atoms with E-state index in [-0.39, 0.29) is 5.91 Å². The number of amides is 1. The number of carbonyl (C=O) groups is 1. The van der Waals surface area contributed by atoms with Crippen LogP contribution in [-0.2, 0) is 15.2 Å². The Balaban J connectivity index is 2.22. The minimum absolute atomic E-state index is 0.100. The van der Waals surface area contributed by atoms with Gasteiger partial charge in [0.2, 0.25) is 0 Å². The highest BCUT2D eigenvalue weighted by Gasteiger charge is 2.52. The standard InChI is InChI=1S/C19H21NO4/c1-20-18(21)16-8-6-5-7-15(16)17(23-3)19(20,24-4)13-9-11-14(22-2)12-10-13/h5-12,17H,1-4H3. The largest absolute Gasteiger partial charge is 0.497 e. The van der Waals surface area contributed by atoms with Crippen molar-refractivity contribution in [3.05, 3.63) is 65.2 Å². The summed E-state index contributed by atoms with van der Waals surface area (Å²) in [6.45, 7) is 0. The molecule has 1 aliphatic heterocycles. The van der Waals surface area contributed by atoms with Crippen LogP contribution in [0.1, 0.15) is 27.6 Å². The Morgan fingerprint density at radius 2 is 1.67 bits per heavy atom. The molecule has 0 saturated carbocycles. The van der Waals surface area contributed by atoms with Gasteiger partial charge < -0.3 is 19.1 Å². The number of nitrogens with zero attached hydrogens (tertiary/aromatic N) is 1. The van der Waals surface area contributed by atoms with E-state index in [9.17, 15) is 4.79 Å². The van der Waals surface area contributed by atoms with Crippen molar-refractivity contribution in [3.63, 3.8) is 0 Å². The predicted octanol–water partition coefficient (Wildman–Crippen LogP) is 2.97. The van der Waals surface area contributed by atoms with E-state index in [1.807, 2.05) is 48.5 Å². The normalized spacial score (nSPS) is 23.1. The zero-order valence-corrected chi connectivity index (χ0v) is 14.3. The Bertz CT molecular complexity index is 743. The molecular weight excluding hydrogens is 306 g/mol. The van der Waals surface area contributed by atoms with Crippen LogP contribution in [-0.4, -0.2) is 39.2 Å². The Morgan fingerprint density at radius 1 is 1.00 bits per heavy atom. The van der Waals surface area contributed by atoms with Crippen molar-refractivity contribution < 1.29 is 19.0 Å². The molecule has 2 aromatic carbocycles. The van der Waals surface area contributed by atoms with Crippen LogP contribution >= 0.6 is 0 Å². The summed E-state index contributed by atoms with van der Waals surface area (Å²) >= 11 is 0. The lowest BCUT2D eigenvalue weighted by Crippen LogP contribution is -2.56. The van der Waals surface area contributed by atoms with E-state index in [4.69, 9.17) is 14.2 Å². The maximum absolute atomic E-state index is 12.9. The van der Waals surface area contributed by atoms with E-state index in [1.165, 1.54) is 0 Å². The second-order valence-corrected chi connectivity index (χ2v) is 5.70. The van der Waals surface area contributed by atoms with Crippen molar-refractivity contribution >= 4 is 5.91 Å². The molecule has 0 N–H and O–H groups in total. The number of carbonyl (C=O) groups excluding carboxylic acids is 1. The van der Waals surface area contributed by atoms with Gasteiger partial charge in [0, 0.05) is 32.4 Å². The molecule has 1 amide bonds. The molecule has 0 fully saturated rings. The van der Waals surface area contributed by atoms with Crippen LogP contribution in [0.25, 0.3) is 0 Å². The molecule has 5 nitrogen and oxygen atoms in total. The SMILES string of the molecule is COc1ccc(C2(OC)C(OC)c3ccccc3C(=O)N2C)cc1. The fourth-order valence-corrected chi connectivity index (χ4v) is 3.46. The second kappa shape index (κ2) is 6.26. The third-order valence-corrected chi connectivity index (χ3v) is 4.68. The summed E-state index contributed by atoms with van der Waals surface area (Å²) in [5, 5.41) is 0. The minimum atomic E-state index is -1.05. The van der Waals surface area contributed by atoms with Crippen LogP contribution in [0, 0.1) is 0 Å². The van der Waals surface area contributed by atoms with Crippen LogP contribution < -0.4 is 4.74 Å². The molecular formula is C19H21NO4. The number of rotatable bonds is 4. The summed E-state index contributed by atoms with van der Waals surface area (Å²) < 4.78 is 17.0. The van der Waals surface area contributed by atoms with Crippen molar-refractivity contribution in [2.75, 3.05) is 28.4 Å². The number of hydrogen-bond acceptors (Lipinski definition) is 4. The van der Waals surface area contributed by atoms with Crippen LogP contribution in [0.4, 0.5) is 0 Å². The molecule has 0 saturated heterocycles. The first-order chi connectivity index (χ1) is 11.6. The third-order valence-electron chi connectivity index (χ3n) is 4.68. The van der Waals surface area contributed by atoms with Crippen LogP contribution in [0.15, 0.2) is 48.5 Å². The van der Waals surface area contributed by atoms with Crippen molar-refractivity contribution in [2.45, 2.75) is 11.8 Å². The van der Waals surface area contributed by atoms with Gasteiger partial charge in [-0.25, -0.2) is 0 Å². The summed E-state index contributed by atoms with van der Waals surface area (Å²) in [4.78, 5) is 14.5. The van der Waals surface area contributed by atoms with Gasteiger partial charge in [0.1, 0.15) is 11.9 Å². The average molecular weight is 327 g/mol. The average Bonchev–Trinajstić information content (AvgIpc) is 2.64. The van der Waals surface area contributed by atoms with Gasteiger partial charge in [-0.3, -0.25) is 4.79 Å². The molecule has 0 aliphatic carbocycles. The number of likely N-dealkylation sites (N-methyl/N-ethyl adjacent to an activating group) is 1. The Morgan fingerprint density at radius 3 is 2.25 bits per heavy atom. The minimum Gasteiger partial charge on any atom is -0.497 e. The lowest BCUT2D eigenvalue weighted by molar-refractivity contribution is -0.200. The zero-order chi connectivity index (χ0) is 17.3. The van der Waals surface area contributed by atoms with Gasteiger partial charge in [0.05, 0.1) is 7.11 Å². The third kappa shape index (κ3) is 2.20. The number of fused-ring (bicyclic) bond motifs is 1.